The molecule has 0 aromatic carbocycles. The second-order valence-electron chi connectivity index (χ2n) is 3.92. The molecule has 7 nitrogen and oxygen atoms in total. The second-order valence-corrected chi connectivity index (χ2v) is 3.92. The van der Waals surface area contributed by atoms with E-state index in [1.807, 2.05) is 12.3 Å². The monoisotopic (exact) mass is 264 g/mol. The van der Waals surface area contributed by atoms with Crippen LogP contribution >= 0.6 is 0 Å². The van der Waals surface area contributed by atoms with Gasteiger partial charge >= 0.3 is 5.97 Å². The molecule has 0 radical (unpaired) electrons. The highest BCUT2D eigenvalue weighted by atomic mass is 16.6. The third-order valence-electron chi connectivity index (χ3n) is 2.43. The first-order chi connectivity index (χ1) is 9.25. The van der Waals surface area contributed by atoms with Crippen molar-refractivity contribution < 1.29 is 14.3 Å². The van der Waals surface area contributed by atoms with Crippen LogP contribution in [0.5, 0.6) is 0 Å². The fourth-order valence-corrected chi connectivity index (χ4v) is 1.50. The summed E-state index contributed by atoms with van der Waals surface area (Å²) in [4.78, 5) is 11.5. The van der Waals surface area contributed by atoms with E-state index >= 15 is 0 Å². The van der Waals surface area contributed by atoms with Crippen molar-refractivity contribution in [1.29, 1.82) is 0 Å². The van der Waals surface area contributed by atoms with E-state index < -0.39 is 0 Å². The number of aromatic nitrogens is 4. The van der Waals surface area contributed by atoms with Crippen LogP contribution < -0.4 is 0 Å². The van der Waals surface area contributed by atoms with Crippen molar-refractivity contribution in [3.05, 3.63) is 36.4 Å². The van der Waals surface area contributed by atoms with Gasteiger partial charge in [-0.25, -0.2) is 4.79 Å². The van der Waals surface area contributed by atoms with Gasteiger partial charge in [-0.3, -0.25) is 9.36 Å². The Bertz CT molecular complexity index is 507. The highest BCUT2D eigenvalue weighted by Crippen LogP contribution is 1.99. The van der Waals surface area contributed by atoms with Crippen LogP contribution in [-0.2, 0) is 23.1 Å². The van der Waals surface area contributed by atoms with Gasteiger partial charge in [-0.2, -0.15) is 10.2 Å². The van der Waals surface area contributed by atoms with Gasteiger partial charge < -0.3 is 9.47 Å². The standard InChI is InChI=1S/C12H16N4O3/c1-15-10-11(9-14-15)12(17)19-8-7-18-6-5-16-4-2-3-13-16/h2-4,9-10H,5-8H2,1H3. The fourth-order valence-electron chi connectivity index (χ4n) is 1.50. The Kier molecular flexibility index (Phi) is 4.68. The van der Waals surface area contributed by atoms with Gasteiger partial charge in [0.1, 0.15) is 6.61 Å². The summed E-state index contributed by atoms with van der Waals surface area (Å²) in [6.07, 6.45) is 6.67. The molecule has 19 heavy (non-hydrogen) atoms. The van der Waals surface area contributed by atoms with Gasteiger partial charge in [-0.15, -0.1) is 0 Å². The molecule has 0 atom stereocenters. The average molecular weight is 264 g/mol. The van der Waals surface area contributed by atoms with Crippen molar-refractivity contribution in [1.82, 2.24) is 19.6 Å². The van der Waals surface area contributed by atoms with Gasteiger partial charge in [-0.05, 0) is 6.07 Å². The molecule has 2 heterocycles. The van der Waals surface area contributed by atoms with Gasteiger partial charge in [0.25, 0.3) is 0 Å². The van der Waals surface area contributed by atoms with Gasteiger partial charge in [0.2, 0.25) is 0 Å². The molecule has 7 heteroatoms. The number of aryl methyl sites for hydroxylation is 1. The average Bonchev–Trinajstić information content (AvgIpc) is 3.04. The first-order valence-electron chi connectivity index (χ1n) is 5.96. The van der Waals surface area contributed by atoms with Crippen LogP contribution in [0, 0.1) is 0 Å². The number of ether oxygens (including phenoxy) is 2. The Morgan fingerprint density at radius 2 is 2.21 bits per heavy atom. The highest BCUT2D eigenvalue weighted by molar-refractivity contribution is 5.88. The topological polar surface area (TPSA) is 71.2 Å². The van der Waals surface area contributed by atoms with Crippen LogP contribution in [0.1, 0.15) is 10.4 Å². The Balaban J connectivity index is 1.55. The summed E-state index contributed by atoms with van der Waals surface area (Å²) in [7, 11) is 1.75. The lowest BCUT2D eigenvalue weighted by Gasteiger charge is -2.05. The van der Waals surface area contributed by atoms with E-state index in [1.165, 1.54) is 6.20 Å². The van der Waals surface area contributed by atoms with E-state index in [1.54, 1.807) is 28.8 Å². The normalized spacial score (nSPS) is 10.6. The van der Waals surface area contributed by atoms with Gasteiger partial charge in [0, 0.05) is 25.6 Å². The first-order valence-corrected chi connectivity index (χ1v) is 5.96. The third-order valence-corrected chi connectivity index (χ3v) is 2.43. The lowest BCUT2D eigenvalue weighted by molar-refractivity contribution is 0.0303. The summed E-state index contributed by atoms with van der Waals surface area (Å²) in [6.45, 7) is 1.82. The van der Waals surface area contributed by atoms with Gasteiger partial charge in [0.05, 0.1) is 31.5 Å². The number of carbonyl (C=O) groups excluding carboxylic acids is 1. The lowest BCUT2D eigenvalue weighted by atomic mass is 10.4. The summed E-state index contributed by atoms with van der Waals surface area (Å²) in [5.74, 6) is -0.385. The summed E-state index contributed by atoms with van der Waals surface area (Å²) in [5.41, 5.74) is 0.444. The SMILES string of the molecule is Cn1cc(C(=O)OCCOCCn2cccn2)cn1. The molecule has 0 aliphatic carbocycles. The maximum absolute atomic E-state index is 11.5. The molecule has 2 aromatic rings. The van der Waals surface area contributed by atoms with Crippen LogP contribution in [-0.4, -0.2) is 45.4 Å². The number of rotatable bonds is 7. The summed E-state index contributed by atoms with van der Waals surface area (Å²) < 4.78 is 13.7. The quantitative estimate of drug-likeness (QED) is 0.537. The van der Waals surface area contributed by atoms with E-state index in [9.17, 15) is 4.79 Å². The van der Waals surface area contributed by atoms with Crippen LogP contribution in [0.25, 0.3) is 0 Å². The fraction of sp³-hybridized carbons (Fsp3) is 0.417. The minimum atomic E-state index is -0.385. The van der Waals surface area contributed by atoms with Crippen molar-refractivity contribution in [3.63, 3.8) is 0 Å². The van der Waals surface area contributed by atoms with Crippen molar-refractivity contribution >= 4 is 5.97 Å². The minimum Gasteiger partial charge on any atom is -0.460 e. The van der Waals surface area contributed by atoms with E-state index in [-0.39, 0.29) is 12.6 Å². The van der Waals surface area contributed by atoms with Crippen molar-refractivity contribution in [2.24, 2.45) is 7.05 Å². The molecule has 0 fully saturated rings. The molecule has 0 amide bonds. The minimum absolute atomic E-state index is 0.229. The molecule has 0 spiro atoms. The molecule has 0 saturated carbocycles. The smallest absolute Gasteiger partial charge is 0.341 e. The largest absolute Gasteiger partial charge is 0.460 e. The van der Waals surface area contributed by atoms with E-state index in [2.05, 4.69) is 10.2 Å². The molecule has 0 bridgehead atoms. The van der Waals surface area contributed by atoms with Gasteiger partial charge in [-0.1, -0.05) is 0 Å². The molecule has 2 rings (SSSR count). The van der Waals surface area contributed by atoms with Crippen molar-refractivity contribution in [3.8, 4) is 0 Å². The Labute approximate surface area is 110 Å². The summed E-state index contributed by atoms with van der Waals surface area (Å²) >= 11 is 0. The number of nitrogens with zero attached hydrogens (tertiary/aromatic N) is 4. The Morgan fingerprint density at radius 1 is 1.32 bits per heavy atom. The predicted octanol–water partition coefficient (Wildman–Crippen LogP) is 0.490. The summed E-state index contributed by atoms with van der Waals surface area (Å²) in [5, 5.41) is 7.95. The number of esters is 1. The zero-order chi connectivity index (χ0) is 13.5. The van der Waals surface area contributed by atoms with Crippen LogP contribution in [0.4, 0.5) is 0 Å². The molecular formula is C12H16N4O3. The summed E-state index contributed by atoms with van der Waals surface area (Å²) in [6, 6.07) is 1.86. The zero-order valence-corrected chi connectivity index (χ0v) is 10.7. The zero-order valence-electron chi connectivity index (χ0n) is 10.7. The number of carbonyl (C=O) groups is 1. The predicted molar refractivity (Wildman–Crippen MR) is 66.5 cm³/mol. The molecule has 0 unspecified atom stereocenters. The molecule has 0 aliphatic heterocycles. The number of hydrogen-bond acceptors (Lipinski definition) is 5. The molecule has 102 valence electrons. The van der Waals surface area contributed by atoms with Crippen molar-refractivity contribution in [2.75, 3.05) is 19.8 Å². The molecule has 0 aliphatic rings. The number of hydrogen-bond donors (Lipinski definition) is 0. The van der Waals surface area contributed by atoms with E-state index in [0.29, 0.717) is 25.3 Å². The molecule has 0 N–H and O–H groups in total. The Hall–Kier alpha value is -2.15. The second kappa shape index (κ2) is 6.69. The van der Waals surface area contributed by atoms with Crippen LogP contribution in [0.15, 0.2) is 30.9 Å². The molecular weight excluding hydrogens is 248 g/mol. The van der Waals surface area contributed by atoms with Crippen LogP contribution in [0.2, 0.25) is 0 Å². The van der Waals surface area contributed by atoms with Crippen LogP contribution in [0.3, 0.4) is 0 Å². The van der Waals surface area contributed by atoms with Gasteiger partial charge in [0.15, 0.2) is 0 Å². The maximum atomic E-state index is 11.5. The maximum Gasteiger partial charge on any atom is 0.341 e. The Morgan fingerprint density at radius 3 is 2.89 bits per heavy atom. The van der Waals surface area contributed by atoms with E-state index in [0.717, 1.165) is 0 Å². The highest BCUT2D eigenvalue weighted by Gasteiger charge is 2.08. The van der Waals surface area contributed by atoms with E-state index in [4.69, 9.17) is 9.47 Å². The molecule has 2 aromatic heterocycles. The first kappa shape index (κ1) is 13.3. The molecule has 0 saturated heterocycles. The van der Waals surface area contributed by atoms with Crippen molar-refractivity contribution in [2.45, 2.75) is 6.54 Å². The third kappa shape index (κ3) is 4.22. The lowest BCUT2D eigenvalue weighted by Crippen LogP contribution is -2.13.